The van der Waals surface area contributed by atoms with Crippen molar-refractivity contribution in [1.82, 2.24) is 28.9 Å². The number of rotatable bonds is 14. The Hall–Kier alpha value is -5.60. The van der Waals surface area contributed by atoms with E-state index in [2.05, 4.69) is 63.1 Å². The highest BCUT2D eigenvalue weighted by molar-refractivity contribution is 6.33. The maximum absolute atomic E-state index is 13.1. The van der Waals surface area contributed by atoms with Gasteiger partial charge < -0.3 is 29.5 Å². The zero-order valence-corrected chi connectivity index (χ0v) is 36.7. The number of carbonyl (C=O) groups is 2. The number of hydrogen-bond acceptors (Lipinski definition) is 9. The van der Waals surface area contributed by atoms with E-state index in [0.717, 1.165) is 78.6 Å². The van der Waals surface area contributed by atoms with Crippen LogP contribution in [-0.4, -0.2) is 93.0 Å². The molecule has 1 atom stereocenters. The third-order valence-electron chi connectivity index (χ3n) is 11.4. The van der Waals surface area contributed by atoms with Crippen LogP contribution in [0.1, 0.15) is 74.0 Å². The number of carbonyl (C=O) groups excluding carboxylic acids is 1. The number of piperazine rings is 1. The van der Waals surface area contributed by atoms with Crippen molar-refractivity contribution in [2.24, 2.45) is 20.0 Å². The van der Waals surface area contributed by atoms with E-state index >= 15 is 0 Å². The Kier molecular flexibility index (Phi) is 15.3. The fraction of sp³-hybridized carbons (Fsp3) is 0.457. The average molecular weight is 855 g/mol. The molecule has 4 heterocycles. The van der Waals surface area contributed by atoms with E-state index in [0.29, 0.717) is 36.0 Å². The molecule has 61 heavy (non-hydrogen) atoms. The molecule has 2 aliphatic rings. The van der Waals surface area contributed by atoms with Crippen molar-refractivity contribution in [3.05, 3.63) is 116 Å². The summed E-state index contributed by atoms with van der Waals surface area (Å²) in [5, 5.41) is 13.4. The molecule has 0 saturated carbocycles. The largest absolute Gasteiger partial charge is 0.493 e. The molecule has 2 N–H and O–H groups in total. The van der Waals surface area contributed by atoms with E-state index in [-0.39, 0.29) is 35.2 Å². The first kappa shape index (κ1) is 44.9. The summed E-state index contributed by atoms with van der Waals surface area (Å²) in [6.45, 7) is 13.7. The number of nitrogens with one attached hydrogen (secondary N) is 1. The lowest BCUT2D eigenvalue weighted by Gasteiger charge is -2.36. The molecular formula is C46H59ClN8O6. The predicted molar refractivity (Wildman–Crippen MR) is 241 cm³/mol. The fourth-order valence-electron chi connectivity index (χ4n) is 8.24. The van der Waals surface area contributed by atoms with Crippen LogP contribution in [0.15, 0.2) is 82.6 Å². The highest BCUT2D eigenvalue weighted by Gasteiger charge is 2.24. The summed E-state index contributed by atoms with van der Waals surface area (Å²) < 4.78 is 9.87. The Morgan fingerprint density at radius 1 is 0.852 bits per heavy atom. The number of imidazole rings is 1. The highest BCUT2D eigenvalue weighted by atomic mass is 35.5. The van der Waals surface area contributed by atoms with Crippen LogP contribution in [0.4, 0.5) is 11.4 Å². The molecule has 2 saturated heterocycles. The number of halogens is 1. The van der Waals surface area contributed by atoms with Crippen LogP contribution in [0.2, 0.25) is 5.02 Å². The third kappa shape index (κ3) is 11.0. The van der Waals surface area contributed by atoms with Crippen molar-refractivity contribution in [3.8, 4) is 5.75 Å². The first-order valence-corrected chi connectivity index (χ1v) is 21.7. The first-order chi connectivity index (χ1) is 29.4. The first-order valence-electron chi connectivity index (χ1n) is 21.3. The van der Waals surface area contributed by atoms with Crippen molar-refractivity contribution < 1.29 is 19.4 Å². The summed E-state index contributed by atoms with van der Waals surface area (Å²) in [6, 6.07) is 21.1. The number of fused-ring (bicyclic) bond motifs is 1. The number of anilines is 2. The van der Waals surface area contributed by atoms with Crippen molar-refractivity contribution in [3.63, 3.8) is 0 Å². The molecular weight excluding hydrogens is 796 g/mol. The van der Waals surface area contributed by atoms with Gasteiger partial charge in [0.2, 0.25) is 5.91 Å². The topological polar surface area (TPSA) is 147 Å². The van der Waals surface area contributed by atoms with Crippen LogP contribution in [0, 0.1) is 5.92 Å². The van der Waals surface area contributed by atoms with Gasteiger partial charge in [0, 0.05) is 72.1 Å². The SMILES string of the molecule is CCOc1cc(CC(=O)N[C@@H](CC(C)C)c2ccccc2N2CCCCC2)ccc1C(=O)O.Cn1c(=O)c2c(ncn2CCN2CCN(c3ccccc3Cl)CC2)n(C)c1=O. The number of benzene rings is 3. The van der Waals surface area contributed by atoms with Gasteiger partial charge in [-0.25, -0.2) is 14.6 Å². The second-order valence-corrected chi connectivity index (χ2v) is 16.6. The van der Waals surface area contributed by atoms with E-state index in [1.54, 1.807) is 32.4 Å². The molecule has 3 aromatic carbocycles. The minimum absolute atomic E-state index is 0.0831. The number of carboxylic acid groups (broad SMARTS) is 1. The van der Waals surface area contributed by atoms with Gasteiger partial charge in [-0.1, -0.05) is 61.8 Å². The molecule has 2 aliphatic heterocycles. The minimum atomic E-state index is -1.04. The number of aromatic carboxylic acids is 1. The van der Waals surface area contributed by atoms with E-state index in [1.165, 1.54) is 42.6 Å². The number of carboxylic acids is 1. The Balaban J connectivity index is 0.000000206. The maximum Gasteiger partial charge on any atom is 0.339 e. The molecule has 0 aliphatic carbocycles. The zero-order valence-electron chi connectivity index (χ0n) is 36.0. The molecule has 14 nitrogen and oxygen atoms in total. The Morgan fingerprint density at radius 2 is 1.52 bits per heavy atom. The highest BCUT2D eigenvalue weighted by Crippen LogP contribution is 2.32. The summed E-state index contributed by atoms with van der Waals surface area (Å²) in [5.74, 6) is -0.408. The van der Waals surface area contributed by atoms with E-state index in [1.807, 2.05) is 28.8 Å². The van der Waals surface area contributed by atoms with Crippen molar-refractivity contribution >= 4 is 46.0 Å². The number of amides is 1. The van der Waals surface area contributed by atoms with Crippen LogP contribution in [0.25, 0.3) is 11.2 Å². The molecule has 0 bridgehead atoms. The molecule has 2 aromatic heterocycles. The number of nitrogens with zero attached hydrogens (tertiary/aromatic N) is 7. The predicted octanol–water partition coefficient (Wildman–Crippen LogP) is 6.13. The summed E-state index contributed by atoms with van der Waals surface area (Å²) in [4.78, 5) is 60.5. The van der Waals surface area contributed by atoms with Gasteiger partial charge in [0.25, 0.3) is 5.56 Å². The summed E-state index contributed by atoms with van der Waals surface area (Å²) in [7, 11) is 3.13. The van der Waals surface area contributed by atoms with Gasteiger partial charge in [0.05, 0.1) is 36.1 Å². The molecule has 15 heteroatoms. The minimum Gasteiger partial charge on any atom is -0.493 e. The van der Waals surface area contributed by atoms with Crippen molar-refractivity contribution in [2.75, 3.05) is 62.2 Å². The van der Waals surface area contributed by atoms with E-state index < -0.39 is 5.97 Å². The number of para-hydroxylation sites is 2. The van der Waals surface area contributed by atoms with Gasteiger partial charge in [-0.15, -0.1) is 0 Å². The molecule has 0 unspecified atom stereocenters. The Morgan fingerprint density at radius 3 is 2.20 bits per heavy atom. The van der Waals surface area contributed by atoms with E-state index in [9.17, 15) is 24.3 Å². The molecule has 5 aromatic rings. The number of aryl methyl sites for hydroxylation is 1. The van der Waals surface area contributed by atoms with E-state index in [4.69, 9.17) is 16.3 Å². The molecule has 0 spiro atoms. The van der Waals surface area contributed by atoms with Crippen LogP contribution in [0.3, 0.4) is 0 Å². The lowest BCUT2D eigenvalue weighted by molar-refractivity contribution is -0.121. The van der Waals surface area contributed by atoms with Gasteiger partial charge in [0.1, 0.15) is 11.3 Å². The number of hydrogen-bond donors (Lipinski definition) is 2. The smallest absolute Gasteiger partial charge is 0.339 e. The fourth-order valence-corrected chi connectivity index (χ4v) is 8.49. The third-order valence-corrected chi connectivity index (χ3v) is 11.8. The second kappa shape index (κ2) is 20.8. The summed E-state index contributed by atoms with van der Waals surface area (Å²) >= 11 is 6.31. The van der Waals surface area contributed by atoms with Crippen molar-refractivity contribution in [1.29, 1.82) is 0 Å². The average Bonchev–Trinajstić information content (AvgIpc) is 3.69. The van der Waals surface area contributed by atoms with Gasteiger partial charge in [-0.05, 0) is 80.0 Å². The van der Waals surface area contributed by atoms with Crippen LogP contribution in [0.5, 0.6) is 5.75 Å². The molecule has 1 amide bonds. The Labute approximate surface area is 362 Å². The summed E-state index contributed by atoms with van der Waals surface area (Å²) in [6.07, 6.45) is 6.33. The monoisotopic (exact) mass is 854 g/mol. The lowest BCUT2D eigenvalue weighted by Crippen LogP contribution is -2.47. The molecule has 2 fully saturated rings. The van der Waals surface area contributed by atoms with Gasteiger partial charge in [-0.2, -0.15) is 0 Å². The quantitative estimate of drug-likeness (QED) is 0.134. The Bertz CT molecular complexity index is 2410. The van der Waals surface area contributed by atoms with Crippen LogP contribution >= 0.6 is 11.6 Å². The normalized spacial score (nSPS) is 15.1. The number of aromatic nitrogens is 4. The standard InChI is InChI=1S/C27H36N2O4.C19H23ClN6O2/c1-4-33-25-17-20(12-13-22(25)27(31)32)18-26(30)28-23(16-19(2)3)21-10-6-7-11-24(21)29-14-8-5-9-15-29;1-22-17-16(18(27)23(2)19(22)28)26(13-21-17)12-9-24-7-10-25(11-8-24)15-6-4-3-5-14(15)20/h6-7,10-13,17,19,23H,4-5,8-9,14-16,18H2,1-3H3,(H,28,30)(H,31,32);3-6,13H,7-12H2,1-2H3/t23-;/m0./s1. The molecule has 326 valence electrons. The second-order valence-electron chi connectivity index (χ2n) is 16.2. The van der Waals surface area contributed by atoms with Gasteiger partial charge in [0.15, 0.2) is 11.2 Å². The van der Waals surface area contributed by atoms with Crippen molar-refractivity contribution in [2.45, 2.75) is 65.5 Å². The zero-order chi connectivity index (χ0) is 43.6. The van der Waals surface area contributed by atoms with Gasteiger partial charge >= 0.3 is 11.7 Å². The number of piperidine rings is 1. The summed E-state index contributed by atoms with van der Waals surface area (Å²) in [5.41, 5.74) is 4.52. The lowest BCUT2D eigenvalue weighted by atomic mass is 9.94. The molecule has 7 rings (SSSR count). The van der Waals surface area contributed by atoms with Crippen LogP contribution in [-0.2, 0) is 31.9 Å². The van der Waals surface area contributed by atoms with Crippen LogP contribution < -0.4 is 31.1 Å². The van der Waals surface area contributed by atoms with Gasteiger partial charge in [-0.3, -0.25) is 23.6 Å². The molecule has 0 radical (unpaired) electrons. The number of ether oxygens (including phenoxy) is 1. The maximum atomic E-state index is 13.1.